The van der Waals surface area contributed by atoms with Crippen LogP contribution in [-0.4, -0.2) is 11.7 Å². The summed E-state index contributed by atoms with van der Waals surface area (Å²) in [5, 5.41) is 0. The highest BCUT2D eigenvalue weighted by Crippen LogP contribution is 2.89. The van der Waals surface area contributed by atoms with E-state index in [0.29, 0.717) is 22.3 Å². The van der Waals surface area contributed by atoms with Crippen molar-refractivity contribution in [3.8, 4) is 0 Å². The van der Waals surface area contributed by atoms with Gasteiger partial charge in [-0.25, -0.2) is 0 Å². The molecule has 0 N–H and O–H groups in total. The molecular formula is C22H38O. The molecule has 0 aromatic rings. The van der Waals surface area contributed by atoms with E-state index >= 15 is 0 Å². The van der Waals surface area contributed by atoms with E-state index in [4.69, 9.17) is 4.74 Å². The van der Waals surface area contributed by atoms with E-state index in [2.05, 4.69) is 41.5 Å². The first-order chi connectivity index (χ1) is 10.7. The first kappa shape index (κ1) is 16.4. The Morgan fingerprint density at radius 2 is 1.65 bits per heavy atom. The van der Waals surface area contributed by atoms with Crippen LogP contribution in [0.5, 0.6) is 0 Å². The fourth-order valence-electron chi connectivity index (χ4n) is 8.17. The molecule has 23 heavy (non-hydrogen) atoms. The number of fused-ring (bicyclic) bond motifs is 1. The molecular weight excluding hydrogens is 280 g/mol. The van der Waals surface area contributed by atoms with Crippen LogP contribution in [0.4, 0.5) is 0 Å². The van der Waals surface area contributed by atoms with Gasteiger partial charge in [0.25, 0.3) is 0 Å². The molecule has 0 aromatic heterocycles. The van der Waals surface area contributed by atoms with Gasteiger partial charge >= 0.3 is 0 Å². The second-order valence-corrected chi connectivity index (χ2v) is 10.5. The maximum atomic E-state index is 6.94. The van der Waals surface area contributed by atoms with Crippen molar-refractivity contribution in [3.63, 3.8) is 0 Å². The third kappa shape index (κ3) is 1.74. The summed E-state index contributed by atoms with van der Waals surface area (Å²) in [6.45, 7) is 14.3. The summed E-state index contributed by atoms with van der Waals surface area (Å²) in [7, 11) is 0. The minimum atomic E-state index is 0.0584. The van der Waals surface area contributed by atoms with Crippen LogP contribution in [0.15, 0.2) is 0 Å². The minimum absolute atomic E-state index is 0.0584. The molecule has 0 aromatic carbocycles. The normalized spacial score (nSPS) is 47.5. The van der Waals surface area contributed by atoms with E-state index in [0.717, 1.165) is 17.8 Å². The van der Waals surface area contributed by atoms with Crippen LogP contribution in [0.1, 0.15) is 92.9 Å². The summed E-state index contributed by atoms with van der Waals surface area (Å²) in [5.41, 5.74) is 1.63. The smallest absolute Gasteiger partial charge is 0.0692 e. The SMILES string of the molecule is CCCC(C)(CC)C(C)OC(C)(C)C12CC3CC4CC(C1)C32C4. The van der Waals surface area contributed by atoms with Gasteiger partial charge in [0.1, 0.15) is 0 Å². The van der Waals surface area contributed by atoms with Crippen molar-refractivity contribution in [2.45, 2.75) is 105 Å². The molecule has 4 atom stereocenters. The molecule has 0 heterocycles. The molecule has 2 bridgehead atoms. The molecule has 4 unspecified atom stereocenters. The summed E-state index contributed by atoms with van der Waals surface area (Å²) in [6, 6.07) is 0. The minimum Gasteiger partial charge on any atom is -0.371 e. The molecule has 0 saturated heterocycles. The third-order valence-corrected chi connectivity index (χ3v) is 9.63. The van der Waals surface area contributed by atoms with Gasteiger partial charge in [0.15, 0.2) is 0 Å². The summed E-state index contributed by atoms with van der Waals surface area (Å²) in [6.07, 6.45) is 11.7. The lowest BCUT2D eigenvalue weighted by molar-refractivity contribution is -0.349. The topological polar surface area (TPSA) is 9.23 Å². The summed E-state index contributed by atoms with van der Waals surface area (Å²) >= 11 is 0. The van der Waals surface area contributed by atoms with Crippen LogP contribution >= 0.6 is 0 Å². The van der Waals surface area contributed by atoms with Crippen molar-refractivity contribution in [1.82, 2.24) is 0 Å². The van der Waals surface area contributed by atoms with Crippen molar-refractivity contribution in [2.75, 3.05) is 0 Å². The predicted octanol–water partition coefficient (Wildman–Crippen LogP) is 6.21. The monoisotopic (exact) mass is 318 g/mol. The molecule has 4 aliphatic rings. The lowest BCUT2D eigenvalue weighted by Crippen LogP contribution is -2.76. The second-order valence-electron chi connectivity index (χ2n) is 10.5. The van der Waals surface area contributed by atoms with E-state index in [9.17, 15) is 0 Å². The Hall–Kier alpha value is -0.0400. The van der Waals surface area contributed by atoms with Crippen molar-refractivity contribution in [2.24, 2.45) is 34.0 Å². The number of rotatable bonds is 7. The molecule has 0 radical (unpaired) electrons. The number of hydrogen-bond donors (Lipinski definition) is 0. The predicted molar refractivity (Wildman–Crippen MR) is 96.4 cm³/mol. The maximum absolute atomic E-state index is 6.94. The average Bonchev–Trinajstić information content (AvgIpc) is 2.97. The van der Waals surface area contributed by atoms with Crippen LogP contribution in [-0.2, 0) is 4.74 Å². The van der Waals surface area contributed by atoms with Gasteiger partial charge in [-0.2, -0.15) is 0 Å². The molecule has 1 nitrogen and oxygen atoms in total. The fourth-order valence-corrected chi connectivity index (χ4v) is 8.17. The van der Waals surface area contributed by atoms with Crippen molar-refractivity contribution in [3.05, 3.63) is 0 Å². The lowest BCUT2D eigenvalue weighted by atomic mass is 9.27. The van der Waals surface area contributed by atoms with Gasteiger partial charge in [0.2, 0.25) is 0 Å². The molecule has 4 rings (SSSR count). The Bertz CT molecular complexity index is 476. The number of ether oxygens (including phenoxy) is 1. The molecule has 4 saturated carbocycles. The van der Waals surface area contributed by atoms with Gasteiger partial charge in [-0.05, 0) is 94.3 Å². The molecule has 1 spiro atoms. The zero-order valence-corrected chi connectivity index (χ0v) is 16.4. The van der Waals surface area contributed by atoms with Crippen molar-refractivity contribution < 1.29 is 4.74 Å². The van der Waals surface area contributed by atoms with Crippen molar-refractivity contribution in [1.29, 1.82) is 0 Å². The zero-order valence-electron chi connectivity index (χ0n) is 16.4. The van der Waals surface area contributed by atoms with Crippen molar-refractivity contribution >= 4 is 0 Å². The van der Waals surface area contributed by atoms with Gasteiger partial charge in [-0.15, -0.1) is 0 Å². The first-order valence-electron chi connectivity index (χ1n) is 10.4. The summed E-state index contributed by atoms with van der Waals surface area (Å²) in [5.74, 6) is 3.20. The van der Waals surface area contributed by atoms with Crippen LogP contribution in [0.2, 0.25) is 0 Å². The van der Waals surface area contributed by atoms with Gasteiger partial charge in [0, 0.05) is 5.41 Å². The van der Waals surface area contributed by atoms with E-state index < -0.39 is 0 Å². The standard InChI is InChI=1S/C22H38O/c1-7-9-20(6,8-2)15(3)23-19(4,5)21-13-17-10-16-11-18(14-21)22(17,21)12-16/h15-18H,7-14H2,1-6H3. The summed E-state index contributed by atoms with van der Waals surface area (Å²) < 4.78 is 6.94. The van der Waals surface area contributed by atoms with Crippen LogP contribution in [0.25, 0.3) is 0 Å². The Labute approximate surface area is 143 Å². The molecule has 132 valence electrons. The van der Waals surface area contributed by atoms with Crippen LogP contribution in [0.3, 0.4) is 0 Å². The van der Waals surface area contributed by atoms with E-state index in [1.54, 1.807) is 19.3 Å². The first-order valence-corrected chi connectivity index (χ1v) is 10.4. The van der Waals surface area contributed by atoms with Gasteiger partial charge in [0.05, 0.1) is 11.7 Å². The summed E-state index contributed by atoms with van der Waals surface area (Å²) in [4.78, 5) is 0. The largest absolute Gasteiger partial charge is 0.371 e. The molecule has 4 aliphatic carbocycles. The Kier molecular flexibility index (Phi) is 3.41. The highest BCUT2D eigenvalue weighted by molar-refractivity contribution is 5.32. The van der Waals surface area contributed by atoms with E-state index in [-0.39, 0.29) is 5.60 Å². The number of hydrogen-bond acceptors (Lipinski definition) is 1. The third-order valence-electron chi connectivity index (χ3n) is 9.63. The van der Waals surface area contributed by atoms with E-state index in [1.165, 1.54) is 32.1 Å². The molecule has 4 fully saturated rings. The Morgan fingerprint density at radius 1 is 1.04 bits per heavy atom. The fraction of sp³-hybridized carbons (Fsp3) is 1.00. The van der Waals surface area contributed by atoms with Gasteiger partial charge in [-0.3, -0.25) is 0 Å². The van der Waals surface area contributed by atoms with Crippen LogP contribution in [0, 0.1) is 34.0 Å². The second kappa shape index (κ2) is 4.77. The Morgan fingerprint density at radius 3 is 2.13 bits per heavy atom. The molecule has 0 aliphatic heterocycles. The van der Waals surface area contributed by atoms with E-state index in [1.807, 2.05) is 0 Å². The van der Waals surface area contributed by atoms with Crippen LogP contribution < -0.4 is 0 Å². The molecule has 0 amide bonds. The average molecular weight is 319 g/mol. The highest BCUT2D eigenvalue weighted by Gasteiger charge is 2.84. The van der Waals surface area contributed by atoms with Gasteiger partial charge in [-0.1, -0.05) is 27.2 Å². The lowest BCUT2D eigenvalue weighted by Gasteiger charge is -2.79. The van der Waals surface area contributed by atoms with Gasteiger partial charge < -0.3 is 4.74 Å². The maximum Gasteiger partial charge on any atom is 0.0692 e. The molecule has 1 heteroatoms. The highest BCUT2D eigenvalue weighted by atomic mass is 16.5. The zero-order chi connectivity index (χ0) is 16.7. The Balaban J connectivity index is 1.53. The quantitative estimate of drug-likeness (QED) is 0.542.